The van der Waals surface area contributed by atoms with Crippen LogP contribution in [0.3, 0.4) is 0 Å². The third-order valence-electron chi connectivity index (χ3n) is 4.21. The van der Waals surface area contributed by atoms with Gasteiger partial charge in [-0.2, -0.15) is 9.97 Å². The largest absolute Gasteiger partial charge is 0.354 e. The van der Waals surface area contributed by atoms with Crippen molar-refractivity contribution in [2.75, 3.05) is 23.3 Å². The second-order valence-corrected chi connectivity index (χ2v) is 6.23. The molecule has 0 atom stereocenters. The standard InChI is InChI=1S/C15H22N6/c1-2-7-16-15-19-13-12(17-9-18-13)14(20-15)21(11-5-6-11)8-10-3-4-10/h9-11H,2-8H2,1H3,(H2,16,17,18,19,20). The van der Waals surface area contributed by atoms with Crippen molar-refractivity contribution in [2.24, 2.45) is 5.92 Å². The fraction of sp³-hybridized carbons (Fsp3) is 0.667. The molecule has 2 aliphatic carbocycles. The minimum Gasteiger partial charge on any atom is -0.354 e. The molecule has 0 amide bonds. The highest BCUT2D eigenvalue weighted by Gasteiger charge is 2.35. The molecule has 2 heterocycles. The molecule has 2 aromatic heterocycles. The van der Waals surface area contributed by atoms with E-state index in [0.717, 1.165) is 42.4 Å². The molecule has 2 N–H and O–H groups in total. The van der Waals surface area contributed by atoms with Crippen molar-refractivity contribution in [3.8, 4) is 0 Å². The monoisotopic (exact) mass is 286 g/mol. The van der Waals surface area contributed by atoms with Crippen molar-refractivity contribution in [2.45, 2.75) is 45.1 Å². The van der Waals surface area contributed by atoms with E-state index >= 15 is 0 Å². The summed E-state index contributed by atoms with van der Waals surface area (Å²) in [4.78, 5) is 19.3. The summed E-state index contributed by atoms with van der Waals surface area (Å²) in [7, 11) is 0. The topological polar surface area (TPSA) is 69.7 Å². The molecule has 21 heavy (non-hydrogen) atoms. The Hall–Kier alpha value is -1.85. The van der Waals surface area contributed by atoms with Gasteiger partial charge < -0.3 is 15.2 Å². The summed E-state index contributed by atoms with van der Waals surface area (Å²) >= 11 is 0. The van der Waals surface area contributed by atoms with E-state index in [-0.39, 0.29) is 0 Å². The number of imidazole rings is 1. The molecule has 0 saturated heterocycles. The van der Waals surface area contributed by atoms with Gasteiger partial charge >= 0.3 is 0 Å². The summed E-state index contributed by atoms with van der Waals surface area (Å²) in [6, 6.07) is 0.658. The van der Waals surface area contributed by atoms with Crippen LogP contribution in [0.5, 0.6) is 0 Å². The summed E-state index contributed by atoms with van der Waals surface area (Å²) in [6.07, 6.45) is 8.07. The van der Waals surface area contributed by atoms with Crippen molar-refractivity contribution in [3.05, 3.63) is 6.33 Å². The van der Waals surface area contributed by atoms with Crippen LogP contribution in [0.2, 0.25) is 0 Å². The molecule has 0 aromatic carbocycles. The fourth-order valence-corrected chi connectivity index (χ4v) is 2.71. The number of nitrogens with one attached hydrogen (secondary N) is 2. The average molecular weight is 286 g/mol. The molecule has 2 aliphatic rings. The molecule has 112 valence electrons. The van der Waals surface area contributed by atoms with E-state index in [1.54, 1.807) is 6.33 Å². The van der Waals surface area contributed by atoms with Gasteiger partial charge in [-0.05, 0) is 38.0 Å². The highest BCUT2D eigenvalue weighted by molar-refractivity contribution is 5.84. The van der Waals surface area contributed by atoms with E-state index in [1.165, 1.54) is 25.7 Å². The maximum Gasteiger partial charge on any atom is 0.226 e. The first-order valence-electron chi connectivity index (χ1n) is 8.06. The fourth-order valence-electron chi connectivity index (χ4n) is 2.71. The molecule has 4 rings (SSSR count). The lowest BCUT2D eigenvalue weighted by molar-refractivity contribution is 0.710. The molecular formula is C15H22N6. The molecule has 2 fully saturated rings. The maximum atomic E-state index is 4.79. The second-order valence-electron chi connectivity index (χ2n) is 6.23. The zero-order valence-corrected chi connectivity index (χ0v) is 12.5. The second kappa shape index (κ2) is 5.16. The quantitative estimate of drug-likeness (QED) is 0.818. The molecule has 0 unspecified atom stereocenters. The number of anilines is 2. The first kappa shape index (κ1) is 12.9. The Bertz CT molecular complexity index is 628. The Kier molecular flexibility index (Phi) is 3.16. The molecular weight excluding hydrogens is 264 g/mol. The Morgan fingerprint density at radius 1 is 1.29 bits per heavy atom. The molecule has 6 heteroatoms. The highest BCUT2D eigenvalue weighted by atomic mass is 15.3. The van der Waals surface area contributed by atoms with Crippen LogP contribution in [0.15, 0.2) is 6.33 Å². The van der Waals surface area contributed by atoms with Crippen molar-refractivity contribution in [1.82, 2.24) is 19.9 Å². The average Bonchev–Trinajstić information content (AvgIpc) is 3.40. The summed E-state index contributed by atoms with van der Waals surface area (Å²) in [5.74, 6) is 2.59. The molecule has 0 bridgehead atoms. The van der Waals surface area contributed by atoms with Crippen molar-refractivity contribution in [3.63, 3.8) is 0 Å². The number of aromatic amines is 1. The van der Waals surface area contributed by atoms with Gasteiger partial charge in [-0.25, -0.2) is 4.98 Å². The van der Waals surface area contributed by atoms with Crippen molar-refractivity contribution in [1.29, 1.82) is 0 Å². The minimum absolute atomic E-state index is 0.658. The number of hydrogen-bond donors (Lipinski definition) is 2. The first-order chi connectivity index (χ1) is 10.3. The van der Waals surface area contributed by atoms with E-state index in [4.69, 9.17) is 4.98 Å². The molecule has 0 aliphatic heterocycles. The Balaban J connectivity index is 1.71. The zero-order chi connectivity index (χ0) is 14.2. The van der Waals surface area contributed by atoms with Crippen LogP contribution in [0.25, 0.3) is 11.2 Å². The summed E-state index contributed by atoms with van der Waals surface area (Å²) in [6.45, 7) is 4.16. The van der Waals surface area contributed by atoms with E-state index in [9.17, 15) is 0 Å². The van der Waals surface area contributed by atoms with Gasteiger partial charge in [-0.1, -0.05) is 6.92 Å². The van der Waals surface area contributed by atoms with Gasteiger partial charge in [0.2, 0.25) is 5.95 Å². The number of aromatic nitrogens is 4. The number of H-pyrrole nitrogens is 1. The van der Waals surface area contributed by atoms with Crippen LogP contribution in [-0.2, 0) is 0 Å². The smallest absolute Gasteiger partial charge is 0.226 e. The number of hydrogen-bond acceptors (Lipinski definition) is 5. The Labute approximate surface area is 124 Å². The van der Waals surface area contributed by atoms with E-state index in [2.05, 4.69) is 32.1 Å². The SMILES string of the molecule is CCCNc1nc(N(CC2CC2)C2CC2)c2[nH]cnc2n1. The van der Waals surface area contributed by atoms with Gasteiger partial charge in [0.05, 0.1) is 6.33 Å². The minimum atomic E-state index is 0.658. The van der Waals surface area contributed by atoms with Gasteiger partial charge in [0.1, 0.15) is 5.52 Å². The van der Waals surface area contributed by atoms with Gasteiger partial charge in [0, 0.05) is 19.1 Å². The van der Waals surface area contributed by atoms with Crippen LogP contribution in [0.4, 0.5) is 11.8 Å². The molecule has 6 nitrogen and oxygen atoms in total. The Morgan fingerprint density at radius 2 is 2.14 bits per heavy atom. The van der Waals surface area contributed by atoms with Crippen LogP contribution >= 0.6 is 0 Å². The van der Waals surface area contributed by atoms with Gasteiger partial charge in [0.25, 0.3) is 0 Å². The lowest BCUT2D eigenvalue weighted by atomic mass is 10.3. The number of fused-ring (bicyclic) bond motifs is 1. The van der Waals surface area contributed by atoms with Crippen LogP contribution in [0.1, 0.15) is 39.0 Å². The van der Waals surface area contributed by atoms with E-state index < -0.39 is 0 Å². The molecule has 0 radical (unpaired) electrons. The first-order valence-corrected chi connectivity index (χ1v) is 8.06. The molecule has 0 spiro atoms. The van der Waals surface area contributed by atoms with E-state index in [1.807, 2.05) is 0 Å². The summed E-state index contributed by atoms with van der Waals surface area (Å²) < 4.78 is 0. The normalized spacial score (nSPS) is 18.1. The van der Waals surface area contributed by atoms with Gasteiger partial charge in [-0.3, -0.25) is 0 Å². The lowest BCUT2D eigenvalue weighted by Crippen LogP contribution is -2.29. The van der Waals surface area contributed by atoms with Crippen LogP contribution < -0.4 is 10.2 Å². The van der Waals surface area contributed by atoms with Gasteiger partial charge in [0.15, 0.2) is 11.5 Å². The molecule has 2 aromatic rings. The molecule has 2 saturated carbocycles. The van der Waals surface area contributed by atoms with Crippen molar-refractivity contribution < 1.29 is 0 Å². The number of rotatable bonds is 7. The predicted octanol–water partition coefficient (Wildman–Crippen LogP) is 2.55. The zero-order valence-electron chi connectivity index (χ0n) is 12.5. The Morgan fingerprint density at radius 3 is 2.86 bits per heavy atom. The third kappa shape index (κ3) is 2.66. The van der Waals surface area contributed by atoms with E-state index in [0.29, 0.717) is 12.0 Å². The lowest BCUT2D eigenvalue weighted by Gasteiger charge is -2.24. The number of nitrogens with zero attached hydrogens (tertiary/aromatic N) is 4. The summed E-state index contributed by atoms with van der Waals surface area (Å²) in [5, 5.41) is 3.30. The predicted molar refractivity (Wildman–Crippen MR) is 83.6 cm³/mol. The van der Waals surface area contributed by atoms with Gasteiger partial charge in [-0.15, -0.1) is 0 Å². The third-order valence-corrected chi connectivity index (χ3v) is 4.21. The highest BCUT2D eigenvalue weighted by Crippen LogP contribution is 2.38. The summed E-state index contributed by atoms with van der Waals surface area (Å²) in [5.41, 5.74) is 1.74. The maximum absolute atomic E-state index is 4.79. The van der Waals surface area contributed by atoms with Crippen LogP contribution in [-0.4, -0.2) is 39.1 Å². The van der Waals surface area contributed by atoms with Crippen LogP contribution in [0, 0.1) is 5.92 Å². The van der Waals surface area contributed by atoms with Crippen molar-refractivity contribution >= 4 is 22.9 Å².